The summed E-state index contributed by atoms with van der Waals surface area (Å²) in [5.41, 5.74) is 2.81. The second-order valence-corrected chi connectivity index (χ2v) is 3.46. The van der Waals surface area contributed by atoms with Gasteiger partial charge in [-0.05, 0) is 18.6 Å². The first-order valence-electron chi connectivity index (χ1n) is 4.10. The molecule has 0 aliphatic carbocycles. The fourth-order valence-electron chi connectivity index (χ4n) is 1.53. The van der Waals surface area contributed by atoms with Gasteiger partial charge in [0.2, 0.25) is 0 Å². The molecule has 3 heteroatoms. The summed E-state index contributed by atoms with van der Waals surface area (Å²) < 4.78 is 0. The molecule has 0 atom stereocenters. The number of halogens is 1. The molecule has 0 fully saturated rings. The van der Waals surface area contributed by atoms with Gasteiger partial charge in [0.15, 0.2) is 0 Å². The van der Waals surface area contributed by atoms with Crippen molar-refractivity contribution in [1.82, 2.24) is 4.98 Å². The van der Waals surface area contributed by atoms with E-state index in [0.29, 0.717) is 5.02 Å². The Bertz CT molecular complexity index is 447. The Morgan fingerprint density at radius 3 is 2.85 bits per heavy atom. The summed E-state index contributed by atoms with van der Waals surface area (Å²) in [4.78, 5) is 3.10. The van der Waals surface area contributed by atoms with Crippen molar-refractivity contribution >= 4 is 22.5 Å². The Labute approximate surface area is 81.1 Å². The largest absolute Gasteiger partial charge is 0.390 e. The van der Waals surface area contributed by atoms with Crippen molar-refractivity contribution in [2.24, 2.45) is 0 Å². The van der Waals surface area contributed by atoms with Crippen LogP contribution < -0.4 is 0 Å². The predicted octanol–water partition coefficient (Wildman–Crippen LogP) is 2.62. The number of benzene rings is 1. The molecule has 2 aromatic rings. The van der Waals surface area contributed by atoms with Gasteiger partial charge in [-0.1, -0.05) is 23.7 Å². The molecular formula is C10H10ClNO. The number of aryl methyl sites for hydroxylation is 1. The van der Waals surface area contributed by atoms with Crippen molar-refractivity contribution < 1.29 is 5.11 Å². The van der Waals surface area contributed by atoms with E-state index in [1.54, 1.807) is 0 Å². The average molecular weight is 196 g/mol. The third-order valence-electron chi connectivity index (χ3n) is 2.30. The maximum Gasteiger partial charge on any atom is 0.0833 e. The van der Waals surface area contributed by atoms with Gasteiger partial charge >= 0.3 is 0 Å². The summed E-state index contributed by atoms with van der Waals surface area (Å²) in [7, 11) is 0. The Morgan fingerprint density at radius 1 is 1.46 bits per heavy atom. The highest BCUT2D eigenvalue weighted by molar-refractivity contribution is 6.35. The van der Waals surface area contributed by atoms with Crippen LogP contribution in [0.5, 0.6) is 0 Å². The van der Waals surface area contributed by atoms with Crippen molar-refractivity contribution in [3.8, 4) is 0 Å². The third kappa shape index (κ3) is 1.23. The van der Waals surface area contributed by atoms with E-state index in [1.807, 2.05) is 25.1 Å². The van der Waals surface area contributed by atoms with Gasteiger partial charge in [0.1, 0.15) is 0 Å². The monoisotopic (exact) mass is 195 g/mol. The summed E-state index contributed by atoms with van der Waals surface area (Å²) in [6.45, 7) is 2.00. The van der Waals surface area contributed by atoms with Gasteiger partial charge in [0.05, 0.1) is 17.1 Å². The molecule has 2 N–H and O–H groups in total. The lowest BCUT2D eigenvalue weighted by Gasteiger charge is -1.92. The van der Waals surface area contributed by atoms with E-state index in [0.717, 1.165) is 22.2 Å². The van der Waals surface area contributed by atoms with Crippen LogP contribution in [0.3, 0.4) is 0 Å². The highest BCUT2D eigenvalue weighted by atomic mass is 35.5. The van der Waals surface area contributed by atoms with Crippen LogP contribution in [0.2, 0.25) is 5.02 Å². The molecule has 2 rings (SSSR count). The maximum atomic E-state index is 9.04. The first-order chi connectivity index (χ1) is 6.24. The molecule has 68 valence electrons. The minimum absolute atomic E-state index is 0.0246. The van der Waals surface area contributed by atoms with Gasteiger partial charge in [0.25, 0.3) is 0 Å². The number of aliphatic hydroxyl groups is 1. The second kappa shape index (κ2) is 3.05. The van der Waals surface area contributed by atoms with Crippen LogP contribution in [0.15, 0.2) is 18.2 Å². The zero-order valence-corrected chi connectivity index (χ0v) is 8.02. The van der Waals surface area contributed by atoms with E-state index in [4.69, 9.17) is 16.7 Å². The number of aromatic nitrogens is 1. The first kappa shape index (κ1) is 8.60. The minimum Gasteiger partial charge on any atom is -0.390 e. The van der Waals surface area contributed by atoms with Gasteiger partial charge in [-0.15, -0.1) is 0 Å². The lowest BCUT2D eigenvalue weighted by atomic mass is 10.1. The van der Waals surface area contributed by atoms with E-state index < -0.39 is 0 Å². The molecule has 1 aromatic heterocycles. The summed E-state index contributed by atoms with van der Waals surface area (Å²) in [6, 6.07) is 5.74. The molecule has 0 spiro atoms. The number of rotatable bonds is 1. The fraction of sp³-hybridized carbons (Fsp3) is 0.200. The highest BCUT2D eigenvalue weighted by Gasteiger charge is 2.07. The molecular weight excluding hydrogens is 186 g/mol. The van der Waals surface area contributed by atoms with Crippen molar-refractivity contribution in [3.63, 3.8) is 0 Å². The fourth-order valence-corrected chi connectivity index (χ4v) is 1.75. The van der Waals surface area contributed by atoms with Crippen molar-refractivity contribution in [1.29, 1.82) is 0 Å². The number of fused-ring (bicyclic) bond motifs is 1. The molecule has 0 aliphatic heterocycles. The molecule has 0 saturated heterocycles. The quantitative estimate of drug-likeness (QED) is 0.721. The lowest BCUT2D eigenvalue weighted by molar-refractivity contribution is 0.277. The zero-order valence-electron chi connectivity index (χ0n) is 7.26. The number of nitrogens with one attached hydrogen (secondary N) is 1. The van der Waals surface area contributed by atoms with Crippen molar-refractivity contribution in [2.75, 3.05) is 0 Å². The van der Waals surface area contributed by atoms with E-state index in [2.05, 4.69) is 4.98 Å². The molecule has 2 nitrogen and oxygen atoms in total. The second-order valence-electron chi connectivity index (χ2n) is 3.05. The molecule has 0 unspecified atom stereocenters. The Morgan fingerprint density at radius 2 is 2.23 bits per heavy atom. The summed E-state index contributed by atoms with van der Waals surface area (Å²) in [5.74, 6) is 0. The van der Waals surface area contributed by atoms with Gasteiger partial charge < -0.3 is 10.1 Å². The SMILES string of the molecule is Cc1c(CO)[nH]c2c(Cl)cccc12. The minimum atomic E-state index is 0.0246. The summed E-state index contributed by atoms with van der Waals surface area (Å²) >= 11 is 5.99. The topological polar surface area (TPSA) is 36.0 Å². The molecule has 13 heavy (non-hydrogen) atoms. The first-order valence-corrected chi connectivity index (χ1v) is 4.48. The van der Waals surface area contributed by atoms with Gasteiger partial charge in [0, 0.05) is 11.1 Å². The van der Waals surface area contributed by atoms with Gasteiger partial charge in [-0.25, -0.2) is 0 Å². The summed E-state index contributed by atoms with van der Waals surface area (Å²) in [6.07, 6.45) is 0. The van der Waals surface area contributed by atoms with Crippen LogP contribution in [0, 0.1) is 6.92 Å². The molecule has 1 heterocycles. The Balaban J connectivity index is 2.83. The predicted molar refractivity (Wildman–Crippen MR) is 54.0 cm³/mol. The molecule has 0 bridgehead atoms. The van der Waals surface area contributed by atoms with Crippen molar-refractivity contribution in [3.05, 3.63) is 34.5 Å². The van der Waals surface area contributed by atoms with Crippen LogP contribution in [0.4, 0.5) is 0 Å². The van der Waals surface area contributed by atoms with Crippen molar-refractivity contribution in [2.45, 2.75) is 13.5 Å². The standard InChI is InChI=1S/C10H10ClNO/c1-6-7-3-2-4-8(11)10(7)12-9(6)5-13/h2-4,12-13H,5H2,1H3. The van der Waals surface area contributed by atoms with E-state index in [9.17, 15) is 0 Å². The highest BCUT2D eigenvalue weighted by Crippen LogP contribution is 2.27. The number of hydrogen-bond donors (Lipinski definition) is 2. The van der Waals surface area contributed by atoms with Crippen LogP contribution >= 0.6 is 11.6 Å². The Hall–Kier alpha value is -0.990. The van der Waals surface area contributed by atoms with E-state index >= 15 is 0 Å². The average Bonchev–Trinajstić information content (AvgIpc) is 2.45. The molecule has 0 saturated carbocycles. The van der Waals surface area contributed by atoms with Crippen LogP contribution in [0.25, 0.3) is 10.9 Å². The van der Waals surface area contributed by atoms with E-state index in [-0.39, 0.29) is 6.61 Å². The summed E-state index contributed by atoms with van der Waals surface area (Å²) in [5, 5.41) is 10.8. The van der Waals surface area contributed by atoms with Crippen LogP contribution in [0.1, 0.15) is 11.3 Å². The third-order valence-corrected chi connectivity index (χ3v) is 2.62. The normalized spacial score (nSPS) is 11.0. The maximum absolute atomic E-state index is 9.04. The lowest BCUT2D eigenvalue weighted by Crippen LogP contribution is -1.84. The molecule has 1 aromatic carbocycles. The zero-order chi connectivity index (χ0) is 9.42. The van der Waals surface area contributed by atoms with Crippen LogP contribution in [-0.4, -0.2) is 10.1 Å². The number of H-pyrrole nitrogens is 1. The molecule has 0 aliphatic rings. The van der Waals surface area contributed by atoms with Crippen LogP contribution in [-0.2, 0) is 6.61 Å². The number of aliphatic hydroxyl groups excluding tert-OH is 1. The number of aromatic amines is 1. The van der Waals surface area contributed by atoms with Gasteiger partial charge in [-0.3, -0.25) is 0 Å². The smallest absolute Gasteiger partial charge is 0.0833 e. The number of para-hydroxylation sites is 1. The molecule has 0 radical (unpaired) electrons. The number of hydrogen-bond acceptors (Lipinski definition) is 1. The van der Waals surface area contributed by atoms with E-state index in [1.165, 1.54) is 0 Å². The Kier molecular flexibility index (Phi) is 2.02. The molecule has 0 amide bonds. The van der Waals surface area contributed by atoms with Gasteiger partial charge in [-0.2, -0.15) is 0 Å².